The van der Waals surface area contributed by atoms with Gasteiger partial charge < -0.3 is 19.4 Å². The van der Waals surface area contributed by atoms with E-state index in [2.05, 4.69) is 36.2 Å². The SMILES string of the molecule is COC(=O)/C(=C(/O)CSc1nnc(Cc2cccs2)n1C1CC1)c1nc2ccccc2[nH]1. The zero-order chi connectivity index (χ0) is 22.1. The van der Waals surface area contributed by atoms with Crippen molar-refractivity contribution in [3.63, 3.8) is 0 Å². The molecule has 3 aromatic heterocycles. The minimum Gasteiger partial charge on any atom is -0.510 e. The van der Waals surface area contributed by atoms with E-state index in [0.29, 0.717) is 11.6 Å². The summed E-state index contributed by atoms with van der Waals surface area (Å²) in [6.45, 7) is 0. The van der Waals surface area contributed by atoms with Crippen molar-refractivity contribution in [3.05, 3.63) is 64.1 Å². The molecule has 0 saturated heterocycles. The van der Waals surface area contributed by atoms with E-state index in [1.807, 2.05) is 30.3 Å². The number of fused-ring (bicyclic) bond motifs is 1. The van der Waals surface area contributed by atoms with Gasteiger partial charge in [-0.25, -0.2) is 9.78 Å². The fraction of sp³-hybridized carbons (Fsp3) is 0.273. The van der Waals surface area contributed by atoms with E-state index in [4.69, 9.17) is 4.74 Å². The topological polar surface area (TPSA) is 106 Å². The van der Waals surface area contributed by atoms with Crippen molar-refractivity contribution < 1.29 is 14.6 Å². The van der Waals surface area contributed by atoms with Gasteiger partial charge in [0.1, 0.15) is 23.0 Å². The van der Waals surface area contributed by atoms with Crippen LogP contribution in [0.4, 0.5) is 0 Å². The Balaban J connectivity index is 1.42. The fourth-order valence-corrected chi connectivity index (χ4v) is 5.13. The zero-order valence-corrected chi connectivity index (χ0v) is 18.9. The van der Waals surface area contributed by atoms with Crippen molar-refractivity contribution in [1.82, 2.24) is 24.7 Å². The number of thioether (sulfide) groups is 1. The van der Waals surface area contributed by atoms with E-state index in [-0.39, 0.29) is 22.9 Å². The first-order valence-corrected chi connectivity index (χ1v) is 12.0. The highest BCUT2D eigenvalue weighted by atomic mass is 32.2. The van der Waals surface area contributed by atoms with Crippen molar-refractivity contribution in [2.24, 2.45) is 0 Å². The van der Waals surface area contributed by atoms with Crippen molar-refractivity contribution in [3.8, 4) is 0 Å². The average Bonchev–Trinajstić information content (AvgIpc) is 3.18. The van der Waals surface area contributed by atoms with Crippen LogP contribution in [-0.2, 0) is 16.0 Å². The number of nitrogens with zero attached hydrogens (tertiary/aromatic N) is 4. The summed E-state index contributed by atoms with van der Waals surface area (Å²) in [6.07, 6.45) is 2.92. The first kappa shape index (κ1) is 20.8. The van der Waals surface area contributed by atoms with Crippen LogP contribution in [-0.4, -0.2) is 48.7 Å². The molecule has 0 atom stereocenters. The van der Waals surface area contributed by atoms with Crippen molar-refractivity contribution >= 4 is 45.7 Å². The van der Waals surface area contributed by atoms with Gasteiger partial charge in [-0.1, -0.05) is 30.0 Å². The second kappa shape index (κ2) is 8.79. The molecule has 1 aliphatic carbocycles. The van der Waals surface area contributed by atoms with Gasteiger partial charge in [-0.15, -0.1) is 21.5 Å². The molecule has 3 heterocycles. The Morgan fingerprint density at radius 3 is 2.84 bits per heavy atom. The molecule has 1 saturated carbocycles. The third-order valence-electron chi connectivity index (χ3n) is 5.20. The Kier molecular flexibility index (Phi) is 5.71. The minimum atomic E-state index is -0.649. The number of H-pyrrole nitrogens is 1. The number of aromatic nitrogens is 5. The highest BCUT2D eigenvalue weighted by molar-refractivity contribution is 7.99. The second-order valence-electron chi connectivity index (χ2n) is 7.46. The highest BCUT2D eigenvalue weighted by Gasteiger charge is 2.30. The van der Waals surface area contributed by atoms with Gasteiger partial charge in [0.25, 0.3) is 0 Å². The van der Waals surface area contributed by atoms with Gasteiger partial charge in [0.2, 0.25) is 0 Å². The lowest BCUT2D eigenvalue weighted by Crippen LogP contribution is -2.10. The van der Waals surface area contributed by atoms with E-state index >= 15 is 0 Å². The Labute approximate surface area is 192 Å². The predicted molar refractivity (Wildman–Crippen MR) is 124 cm³/mol. The number of hydrogen-bond acceptors (Lipinski definition) is 8. The molecule has 8 nitrogen and oxygen atoms in total. The molecule has 0 spiro atoms. The lowest BCUT2D eigenvalue weighted by atomic mass is 10.2. The number of para-hydroxylation sites is 2. The summed E-state index contributed by atoms with van der Waals surface area (Å²) in [7, 11) is 1.28. The van der Waals surface area contributed by atoms with Gasteiger partial charge in [0.15, 0.2) is 5.16 Å². The van der Waals surface area contributed by atoms with Crippen LogP contribution in [0, 0.1) is 0 Å². The normalized spacial score (nSPS) is 14.5. The van der Waals surface area contributed by atoms with Gasteiger partial charge in [-0.2, -0.15) is 0 Å². The maximum Gasteiger partial charge on any atom is 0.345 e. The number of aromatic amines is 1. The number of benzene rings is 1. The number of rotatable bonds is 8. The van der Waals surface area contributed by atoms with Crippen molar-refractivity contribution in [1.29, 1.82) is 0 Å². The van der Waals surface area contributed by atoms with Crippen molar-refractivity contribution in [2.75, 3.05) is 12.9 Å². The Morgan fingerprint density at radius 2 is 2.12 bits per heavy atom. The first-order valence-electron chi connectivity index (χ1n) is 10.2. The lowest BCUT2D eigenvalue weighted by molar-refractivity contribution is -0.133. The van der Waals surface area contributed by atoms with Crippen LogP contribution in [0.2, 0.25) is 0 Å². The molecule has 32 heavy (non-hydrogen) atoms. The highest BCUT2D eigenvalue weighted by Crippen LogP contribution is 2.39. The third kappa shape index (κ3) is 4.15. The number of esters is 1. The van der Waals surface area contributed by atoms with Crippen LogP contribution < -0.4 is 0 Å². The number of methoxy groups -OCH3 is 1. The molecule has 1 aliphatic rings. The van der Waals surface area contributed by atoms with Crippen LogP contribution in [0.1, 0.15) is 35.4 Å². The summed E-state index contributed by atoms with van der Waals surface area (Å²) in [5.41, 5.74) is 1.50. The number of aliphatic hydroxyl groups excluding tert-OH is 1. The molecule has 4 aromatic rings. The molecule has 164 valence electrons. The average molecular weight is 468 g/mol. The van der Waals surface area contributed by atoms with E-state index in [0.717, 1.165) is 35.8 Å². The number of hydrogen-bond donors (Lipinski definition) is 2. The van der Waals surface area contributed by atoms with Crippen LogP contribution in [0.15, 0.2) is 52.7 Å². The van der Waals surface area contributed by atoms with Gasteiger partial charge in [-0.3, -0.25) is 0 Å². The van der Waals surface area contributed by atoms with E-state index < -0.39 is 5.97 Å². The molecule has 0 amide bonds. The van der Waals surface area contributed by atoms with Crippen molar-refractivity contribution in [2.45, 2.75) is 30.5 Å². The minimum absolute atomic E-state index is 0.0208. The molecule has 0 bridgehead atoms. The van der Waals surface area contributed by atoms with E-state index in [9.17, 15) is 9.90 Å². The number of carbonyl (C=O) groups is 1. The monoisotopic (exact) mass is 467 g/mol. The van der Waals surface area contributed by atoms with Crippen LogP contribution in [0.5, 0.6) is 0 Å². The third-order valence-corrected chi connectivity index (χ3v) is 7.03. The predicted octanol–water partition coefficient (Wildman–Crippen LogP) is 4.38. The van der Waals surface area contributed by atoms with Crippen LogP contribution >= 0.6 is 23.1 Å². The number of aliphatic hydroxyl groups is 1. The van der Waals surface area contributed by atoms with Gasteiger partial charge in [0.05, 0.1) is 23.9 Å². The molecular weight excluding hydrogens is 446 g/mol. The molecular formula is C22H21N5O3S2. The molecule has 10 heteroatoms. The summed E-state index contributed by atoms with van der Waals surface area (Å²) in [5.74, 6) is 0.575. The summed E-state index contributed by atoms with van der Waals surface area (Å²) >= 11 is 3.05. The largest absolute Gasteiger partial charge is 0.510 e. The summed E-state index contributed by atoms with van der Waals surface area (Å²) < 4.78 is 7.08. The molecule has 0 unspecified atom stereocenters. The Morgan fingerprint density at radius 1 is 1.28 bits per heavy atom. The first-order chi connectivity index (χ1) is 15.6. The molecule has 0 radical (unpaired) electrons. The molecule has 1 aromatic carbocycles. The number of imidazole rings is 1. The maximum atomic E-state index is 12.5. The van der Waals surface area contributed by atoms with Gasteiger partial charge >= 0.3 is 5.97 Å². The molecule has 1 fully saturated rings. The second-order valence-corrected chi connectivity index (χ2v) is 9.44. The molecule has 5 rings (SSSR count). The standard InChI is InChI=1S/C22H21N5O3S2/c1-30-21(29)19(20-23-15-6-2-3-7-16(15)24-20)17(28)12-32-22-26-25-18(27(22)13-8-9-13)11-14-5-4-10-31-14/h2-7,10,13,28H,8-9,11-12H2,1H3,(H,23,24)/b19-17+. The summed E-state index contributed by atoms with van der Waals surface area (Å²) in [6, 6.07) is 12.0. The van der Waals surface area contributed by atoms with Crippen LogP contribution in [0.25, 0.3) is 16.6 Å². The van der Waals surface area contributed by atoms with E-state index in [1.54, 1.807) is 11.3 Å². The number of nitrogens with one attached hydrogen (secondary N) is 1. The summed E-state index contributed by atoms with van der Waals surface area (Å²) in [4.78, 5) is 21.2. The number of ether oxygens (including phenoxy) is 1. The number of carbonyl (C=O) groups excluding carboxylic acids is 1. The quantitative estimate of drug-likeness (QED) is 0.171. The lowest BCUT2D eigenvalue weighted by Gasteiger charge is -2.09. The summed E-state index contributed by atoms with van der Waals surface area (Å²) in [5, 5.41) is 22.4. The zero-order valence-electron chi connectivity index (χ0n) is 17.3. The molecule has 0 aliphatic heterocycles. The Hall–Kier alpha value is -3.11. The molecule has 2 N–H and O–H groups in total. The maximum absolute atomic E-state index is 12.5. The van der Waals surface area contributed by atoms with Crippen LogP contribution in [0.3, 0.4) is 0 Å². The fourth-order valence-electron chi connectivity index (χ4n) is 3.52. The van der Waals surface area contributed by atoms with E-state index in [1.165, 1.54) is 23.7 Å². The smallest absolute Gasteiger partial charge is 0.345 e. The number of thiophene rings is 1. The van der Waals surface area contributed by atoms with Gasteiger partial charge in [-0.05, 0) is 36.4 Å². The van der Waals surface area contributed by atoms with Gasteiger partial charge in [0, 0.05) is 17.3 Å². The Bertz CT molecular complexity index is 1260.